The van der Waals surface area contributed by atoms with Gasteiger partial charge in [-0.25, -0.2) is 0 Å². The third-order valence-electron chi connectivity index (χ3n) is 5.17. The van der Waals surface area contributed by atoms with Crippen LogP contribution in [0, 0.1) is 10.8 Å². The highest BCUT2D eigenvalue weighted by molar-refractivity contribution is 5.80. The van der Waals surface area contributed by atoms with Crippen LogP contribution in [-0.4, -0.2) is 11.1 Å². The Kier molecular flexibility index (Phi) is 3.33. The Bertz CT molecular complexity index is 329. The van der Waals surface area contributed by atoms with Gasteiger partial charge in [0.2, 0.25) is 0 Å². The molecule has 0 aromatic carbocycles. The van der Waals surface area contributed by atoms with Crippen molar-refractivity contribution in [2.75, 3.05) is 0 Å². The Labute approximate surface area is 104 Å². The molecular weight excluding hydrogens is 212 g/mol. The summed E-state index contributed by atoms with van der Waals surface area (Å²) >= 11 is 0. The van der Waals surface area contributed by atoms with E-state index in [-0.39, 0.29) is 0 Å². The van der Waals surface area contributed by atoms with Crippen molar-refractivity contribution in [1.29, 1.82) is 0 Å². The van der Waals surface area contributed by atoms with Crippen LogP contribution in [0.1, 0.15) is 65.2 Å². The fourth-order valence-corrected chi connectivity index (χ4v) is 3.77. The molecule has 0 spiro atoms. The summed E-state index contributed by atoms with van der Waals surface area (Å²) in [5, 5.41) is 9.62. The first-order valence-corrected chi connectivity index (χ1v) is 7.01. The molecular formula is C15H24O2. The average Bonchev–Trinajstić information content (AvgIpc) is 2.30. The Balaban J connectivity index is 2.20. The second-order valence-corrected chi connectivity index (χ2v) is 5.92. The molecule has 2 nitrogen and oxygen atoms in total. The molecule has 2 aliphatic carbocycles. The SMILES string of the molecule is CCC1(CC)CC(C(=O)O)(C2=CCCCC2)C1. The lowest BCUT2D eigenvalue weighted by Gasteiger charge is -2.55. The van der Waals surface area contributed by atoms with E-state index in [4.69, 9.17) is 0 Å². The van der Waals surface area contributed by atoms with Crippen LogP contribution in [0.3, 0.4) is 0 Å². The van der Waals surface area contributed by atoms with Crippen LogP contribution in [-0.2, 0) is 4.79 Å². The molecule has 0 bridgehead atoms. The monoisotopic (exact) mass is 236 g/mol. The second kappa shape index (κ2) is 4.47. The minimum absolute atomic E-state index is 0.302. The average molecular weight is 236 g/mol. The summed E-state index contributed by atoms with van der Waals surface area (Å²) < 4.78 is 0. The predicted molar refractivity (Wildman–Crippen MR) is 68.9 cm³/mol. The molecule has 1 N–H and O–H groups in total. The lowest BCUT2D eigenvalue weighted by atomic mass is 9.47. The highest BCUT2D eigenvalue weighted by atomic mass is 16.4. The first kappa shape index (κ1) is 12.7. The van der Waals surface area contributed by atoms with Gasteiger partial charge in [0.15, 0.2) is 0 Å². The summed E-state index contributed by atoms with van der Waals surface area (Å²) in [6.07, 6.45) is 10.7. The van der Waals surface area contributed by atoms with E-state index in [2.05, 4.69) is 19.9 Å². The van der Waals surface area contributed by atoms with Crippen molar-refractivity contribution in [3.8, 4) is 0 Å². The molecule has 0 unspecified atom stereocenters. The molecule has 0 aromatic heterocycles. The number of hydrogen-bond donors (Lipinski definition) is 1. The fourth-order valence-electron chi connectivity index (χ4n) is 3.77. The van der Waals surface area contributed by atoms with Gasteiger partial charge in [0.25, 0.3) is 0 Å². The number of hydrogen-bond acceptors (Lipinski definition) is 1. The summed E-state index contributed by atoms with van der Waals surface area (Å²) in [5.41, 5.74) is 1.04. The third-order valence-corrected chi connectivity index (χ3v) is 5.17. The van der Waals surface area contributed by atoms with Gasteiger partial charge in [0, 0.05) is 0 Å². The molecule has 1 fully saturated rings. The van der Waals surface area contributed by atoms with Crippen LogP contribution >= 0.6 is 0 Å². The molecule has 2 aliphatic rings. The van der Waals surface area contributed by atoms with Gasteiger partial charge in [-0.15, -0.1) is 0 Å². The molecule has 0 radical (unpaired) electrons. The minimum Gasteiger partial charge on any atom is -0.481 e. The Morgan fingerprint density at radius 2 is 1.94 bits per heavy atom. The van der Waals surface area contributed by atoms with Gasteiger partial charge in [0.05, 0.1) is 5.41 Å². The summed E-state index contributed by atoms with van der Waals surface area (Å²) in [6, 6.07) is 0. The lowest BCUT2D eigenvalue weighted by Crippen LogP contribution is -2.52. The summed E-state index contributed by atoms with van der Waals surface area (Å²) in [7, 11) is 0. The van der Waals surface area contributed by atoms with Gasteiger partial charge in [-0.3, -0.25) is 4.79 Å². The first-order chi connectivity index (χ1) is 8.08. The Hall–Kier alpha value is -0.790. The van der Waals surface area contributed by atoms with Crippen molar-refractivity contribution < 1.29 is 9.90 Å². The van der Waals surface area contributed by atoms with Crippen molar-refractivity contribution in [2.24, 2.45) is 10.8 Å². The maximum absolute atomic E-state index is 11.7. The van der Waals surface area contributed by atoms with Crippen LogP contribution in [0.5, 0.6) is 0 Å². The van der Waals surface area contributed by atoms with Crippen molar-refractivity contribution in [3.63, 3.8) is 0 Å². The maximum atomic E-state index is 11.7. The largest absolute Gasteiger partial charge is 0.481 e. The summed E-state index contributed by atoms with van der Waals surface area (Å²) in [5.74, 6) is -0.580. The smallest absolute Gasteiger partial charge is 0.313 e. The first-order valence-electron chi connectivity index (χ1n) is 7.01. The number of carbonyl (C=O) groups is 1. The van der Waals surface area contributed by atoms with Crippen molar-refractivity contribution in [3.05, 3.63) is 11.6 Å². The van der Waals surface area contributed by atoms with E-state index in [1.165, 1.54) is 18.4 Å². The maximum Gasteiger partial charge on any atom is 0.313 e. The van der Waals surface area contributed by atoms with E-state index in [9.17, 15) is 9.90 Å². The quantitative estimate of drug-likeness (QED) is 0.744. The molecule has 0 atom stereocenters. The van der Waals surface area contributed by atoms with Gasteiger partial charge >= 0.3 is 5.97 Å². The predicted octanol–water partition coefficient (Wildman–Crippen LogP) is 4.16. The number of carboxylic acids is 1. The highest BCUT2D eigenvalue weighted by Crippen LogP contribution is 2.62. The zero-order valence-corrected chi connectivity index (χ0v) is 11.1. The van der Waals surface area contributed by atoms with E-state index in [0.717, 1.165) is 38.5 Å². The molecule has 96 valence electrons. The van der Waals surface area contributed by atoms with E-state index >= 15 is 0 Å². The topological polar surface area (TPSA) is 37.3 Å². The fraction of sp³-hybridized carbons (Fsp3) is 0.800. The van der Waals surface area contributed by atoms with Crippen molar-refractivity contribution >= 4 is 5.97 Å². The minimum atomic E-state index is -0.580. The standard InChI is InChI=1S/C15H24O2/c1-3-14(4-2)10-15(11-14,13(16)17)12-8-6-5-7-9-12/h8H,3-7,9-11H2,1-2H3,(H,16,17). The zero-order chi connectivity index (χ0) is 12.5. The van der Waals surface area contributed by atoms with Crippen molar-refractivity contribution in [2.45, 2.75) is 65.2 Å². The normalized spacial score (nSPS) is 25.9. The molecule has 2 rings (SSSR count). The van der Waals surface area contributed by atoms with Crippen LogP contribution in [0.25, 0.3) is 0 Å². The summed E-state index contributed by atoms with van der Waals surface area (Å²) in [6.45, 7) is 4.40. The Morgan fingerprint density at radius 3 is 2.35 bits per heavy atom. The zero-order valence-electron chi connectivity index (χ0n) is 11.1. The van der Waals surface area contributed by atoms with Crippen LogP contribution in [0.15, 0.2) is 11.6 Å². The van der Waals surface area contributed by atoms with Gasteiger partial charge in [0.1, 0.15) is 0 Å². The van der Waals surface area contributed by atoms with E-state index in [0.29, 0.717) is 5.41 Å². The number of allylic oxidation sites excluding steroid dienone is 1. The van der Waals surface area contributed by atoms with E-state index in [1.807, 2.05) is 0 Å². The molecule has 0 saturated heterocycles. The molecule has 1 saturated carbocycles. The molecule has 17 heavy (non-hydrogen) atoms. The highest BCUT2D eigenvalue weighted by Gasteiger charge is 2.58. The number of carboxylic acid groups (broad SMARTS) is 1. The second-order valence-electron chi connectivity index (χ2n) is 5.92. The molecule has 0 heterocycles. The molecule has 0 aliphatic heterocycles. The van der Waals surface area contributed by atoms with Crippen LogP contribution in [0.2, 0.25) is 0 Å². The molecule has 2 heteroatoms. The van der Waals surface area contributed by atoms with Crippen LogP contribution < -0.4 is 0 Å². The third kappa shape index (κ3) is 1.92. The molecule has 0 amide bonds. The van der Waals surface area contributed by atoms with Gasteiger partial charge in [-0.05, 0) is 43.9 Å². The number of aliphatic carboxylic acids is 1. The van der Waals surface area contributed by atoms with E-state index < -0.39 is 11.4 Å². The van der Waals surface area contributed by atoms with Crippen molar-refractivity contribution in [1.82, 2.24) is 0 Å². The van der Waals surface area contributed by atoms with Gasteiger partial charge in [-0.2, -0.15) is 0 Å². The Morgan fingerprint density at radius 1 is 1.29 bits per heavy atom. The molecule has 0 aromatic rings. The summed E-state index contributed by atoms with van der Waals surface area (Å²) in [4.78, 5) is 11.7. The lowest BCUT2D eigenvalue weighted by molar-refractivity contribution is -0.161. The number of rotatable bonds is 4. The van der Waals surface area contributed by atoms with E-state index in [1.54, 1.807) is 0 Å². The van der Waals surface area contributed by atoms with Crippen LogP contribution in [0.4, 0.5) is 0 Å². The van der Waals surface area contributed by atoms with Gasteiger partial charge < -0.3 is 5.11 Å². The van der Waals surface area contributed by atoms with Gasteiger partial charge in [-0.1, -0.05) is 38.3 Å².